The third-order valence-electron chi connectivity index (χ3n) is 3.14. The summed E-state index contributed by atoms with van der Waals surface area (Å²) in [5.74, 6) is 0.786. The molecule has 0 radical (unpaired) electrons. The van der Waals surface area contributed by atoms with Gasteiger partial charge in [0.2, 0.25) is 0 Å². The molecule has 0 bridgehead atoms. The maximum Gasteiger partial charge on any atom is 0.330 e. The normalized spacial score (nSPS) is 22.8. The molecule has 2 nitrogen and oxygen atoms in total. The van der Waals surface area contributed by atoms with E-state index in [2.05, 4.69) is 26.5 Å². The standard InChI is InChI=1S/C13H20O2/c1-4-13(14)15-9-11(3)12-7-5-10(2)6-8-12/h4-5,11-12H,1,6-9H2,2-3H3/t11-,12+/m1/s1. The first-order valence-electron chi connectivity index (χ1n) is 5.58. The van der Waals surface area contributed by atoms with Gasteiger partial charge in [-0.15, -0.1) is 0 Å². The Morgan fingerprint density at radius 3 is 3.07 bits per heavy atom. The summed E-state index contributed by atoms with van der Waals surface area (Å²) < 4.78 is 5.06. The van der Waals surface area contributed by atoms with E-state index in [9.17, 15) is 4.79 Å². The lowest BCUT2D eigenvalue weighted by Crippen LogP contribution is -2.20. The number of allylic oxidation sites excluding steroid dienone is 2. The Bertz CT molecular complexity index is 266. The molecular formula is C13H20O2. The molecule has 2 atom stereocenters. The number of esters is 1. The van der Waals surface area contributed by atoms with E-state index in [1.165, 1.54) is 24.5 Å². The van der Waals surface area contributed by atoms with E-state index in [-0.39, 0.29) is 5.97 Å². The SMILES string of the molecule is C=CC(=O)OC[C@@H](C)[C@H]1CC=C(C)CC1. The molecule has 2 heteroatoms. The molecule has 0 fully saturated rings. The molecule has 15 heavy (non-hydrogen) atoms. The van der Waals surface area contributed by atoms with Crippen LogP contribution in [-0.4, -0.2) is 12.6 Å². The van der Waals surface area contributed by atoms with Crippen LogP contribution in [0.2, 0.25) is 0 Å². The Morgan fingerprint density at radius 1 is 1.80 bits per heavy atom. The molecule has 0 aromatic carbocycles. The van der Waals surface area contributed by atoms with Crippen LogP contribution in [0, 0.1) is 11.8 Å². The van der Waals surface area contributed by atoms with Gasteiger partial charge in [-0.2, -0.15) is 0 Å². The zero-order valence-electron chi connectivity index (χ0n) is 9.66. The van der Waals surface area contributed by atoms with Crippen molar-refractivity contribution in [3.05, 3.63) is 24.3 Å². The lowest BCUT2D eigenvalue weighted by Gasteiger charge is -2.26. The van der Waals surface area contributed by atoms with Crippen LogP contribution in [0.1, 0.15) is 33.1 Å². The smallest absolute Gasteiger partial charge is 0.330 e. The second-order valence-electron chi connectivity index (χ2n) is 4.40. The van der Waals surface area contributed by atoms with Crippen LogP contribution in [0.3, 0.4) is 0 Å². The van der Waals surface area contributed by atoms with E-state index in [0.29, 0.717) is 18.4 Å². The maximum absolute atomic E-state index is 10.9. The minimum atomic E-state index is -0.315. The molecule has 0 aromatic rings. The van der Waals surface area contributed by atoms with Crippen molar-refractivity contribution < 1.29 is 9.53 Å². The van der Waals surface area contributed by atoms with Gasteiger partial charge >= 0.3 is 5.97 Å². The lowest BCUT2D eigenvalue weighted by molar-refractivity contribution is -0.139. The average Bonchev–Trinajstić information content (AvgIpc) is 2.26. The zero-order valence-corrected chi connectivity index (χ0v) is 9.66. The predicted octanol–water partition coefficient (Wildman–Crippen LogP) is 3.10. The molecule has 0 spiro atoms. The molecule has 0 saturated heterocycles. The fraction of sp³-hybridized carbons (Fsp3) is 0.615. The van der Waals surface area contributed by atoms with E-state index in [1.54, 1.807) is 0 Å². The van der Waals surface area contributed by atoms with Gasteiger partial charge in [0, 0.05) is 6.08 Å². The average molecular weight is 208 g/mol. The zero-order chi connectivity index (χ0) is 11.3. The van der Waals surface area contributed by atoms with Gasteiger partial charge in [-0.05, 0) is 38.0 Å². The Hall–Kier alpha value is -1.05. The second kappa shape index (κ2) is 5.74. The highest BCUT2D eigenvalue weighted by atomic mass is 16.5. The minimum Gasteiger partial charge on any atom is -0.462 e. The van der Waals surface area contributed by atoms with Gasteiger partial charge in [-0.3, -0.25) is 0 Å². The molecular weight excluding hydrogens is 188 g/mol. The quantitative estimate of drug-likeness (QED) is 0.403. The molecule has 0 aliphatic heterocycles. The highest BCUT2D eigenvalue weighted by Crippen LogP contribution is 2.29. The van der Waals surface area contributed by atoms with Crippen molar-refractivity contribution in [1.82, 2.24) is 0 Å². The fourth-order valence-electron chi connectivity index (χ4n) is 1.91. The molecule has 0 amide bonds. The Labute approximate surface area is 92.0 Å². The molecule has 1 aliphatic rings. The summed E-state index contributed by atoms with van der Waals surface area (Å²) >= 11 is 0. The van der Waals surface area contributed by atoms with Gasteiger partial charge in [0.1, 0.15) is 0 Å². The molecule has 1 rings (SSSR count). The third kappa shape index (κ3) is 3.90. The van der Waals surface area contributed by atoms with Gasteiger partial charge in [0.25, 0.3) is 0 Å². The molecule has 0 N–H and O–H groups in total. The van der Waals surface area contributed by atoms with Crippen molar-refractivity contribution in [3.8, 4) is 0 Å². The van der Waals surface area contributed by atoms with Crippen LogP contribution in [0.4, 0.5) is 0 Å². The first-order chi connectivity index (χ1) is 7.13. The summed E-state index contributed by atoms with van der Waals surface area (Å²) in [5, 5.41) is 0. The van der Waals surface area contributed by atoms with Crippen molar-refractivity contribution in [1.29, 1.82) is 0 Å². The largest absolute Gasteiger partial charge is 0.462 e. The van der Waals surface area contributed by atoms with Crippen molar-refractivity contribution in [2.45, 2.75) is 33.1 Å². The summed E-state index contributed by atoms with van der Waals surface area (Å²) in [4.78, 5) is 10.9. The third-order valence-corrected chi connectivity index (χ3v) is 3.14. The predicted molar refractivity (Wildman–Crippen MR) is 61.4 cm³/mol. The van der Waals surface area contributed by atoms with Crippen LogP contribution >= 0.6 is 0 Å². The van der Waals surface area contributed by atoms with Crippen molar-refractivity contribution in [2.75, 3.05) is 6.61 Å². The van der Waals surface area contributed by atoms with E-state index in [4.69, 9.17) is 4.74 Å². The van der Waals surface area contributed by atoms with E-state index < -0.39 is 0 Å². The molecule has 0 heterocycles. The number of carbonyl (C=O) groups is 1. The molecule has 0 unspecified atom stereocenters. The topological polar surface area (TPSA) is 26.3 Å². The number of ether oxygens (including phenoxy) is 1. The lowest BCUT2D eigenvalue weighted by atomic mass is 9.82. The number of hydrogen-bond acceptors (Lipinski definition) is 2. The molecule has 0 aromatic heterocycles. The van der Waals surface area contributed by atoms with Gasteiger partial charge in [-0.1, -0.05) is 25.2 Å². The van der Waals surface area contributed by atoms with Crippen LogP contribution in [0.15, 0.2) is 24.3 Å². The van der Waals surface area contributed by atoms with Crippen LogP contribution in [0.5, 0.6) is 0 Å². The first kappa shape index (κ1) is 12.0. The van der Waals surface area contributed by atoms with E-state index >= 15 is 0 Å². The first-order valence-corrected chi connectivity index (χ1v) is 5.58. The number of carbonyl (C=O) groups excluding carboxylic acids is 1. The minimum absolute atomic E-state index is 0.315. The monoisotopic (exact) mass is 208 g/mol. The maximum atomic E-state index is 10.9. The van der Waals surface area contributed by atoms with Crippen LogP contribution < -0.4 is 0 Å². The van der Waals surface area contributed by atoms with Gasteiger partial charge in [0.05, 0.1) is 6.61 Å². The Morgan fingerprint density at radius 2 is 2.53 bits per heavy atom. The molecule has 84 valence electrons. The summed E-state index contributed by atoms with van der Waals surface area (Å²) in [7, 11) is 0. The fourth-order valence-corrected chi connectivity index (χ4v) is 1.91. The van der Waals surface area contributed by atoms with E-state index in [1.807, 2.05) is 0 Å². The highest BCUT2D eigenvalue weighted by molar-refractivity contribution is 5.81. The molecule has 1 aliphatic carbocycles. The summed E-state index contributed by atoms with van der Waals surface area (Å²) in [6, 6.07) is 0. The molecule has 0 saturated carbocycles. The summed E-state index contributed by atoms with van der Waals surface area (Å²) in [6.45, 7) is 8.22. The number of rotatable bonds is 4. The second-order valence-corrected chi connectivity index (χ2v) is 4.40. The Kier molecular flexibility index (Phi) is 4.60. The van der Waals surface area contributed by atoms with E-state index in [0.717, 1.165) is 6.42 Å². The van der Waals surface area contributed by atoms with Crippen LogP contribution in [-0.2, 0) is 9.53 Å². The van der Waals surface area contributed by atoms with Gasteiger partial charge in [0.15, 0.2) is 0 Å². The van der Waals surface area contributed by atoms with Crippen LogP contribution in [0.25, 0.3) is 0 Å². The summed E-state index contributed by atoms with van der Waals surface area (Å²) in [6.07, 6.45) is 7.05. The Balaban J connectivity index is 2.31. The highest BCUT2D eigenvalue weighted by Gasteiger charge is 2.20. The van der Waals surface area contributed by atoms with Crippen molar-refractivity contribution in [3.63, 3.8) is 0 Å². The van der Waals surface area contributed by atoms with Gasteiger partial charge in [-0.25, -0.2) is 4.79 Å². The van der Waals surface area contributed by atoms with Crippen molar-refractivity contribution in [2.24, 2.45) is 11.8 Å². The van der Waals surface area contributed by atoms with Gasteiger partial charge < -0.3 is 4.74 Å². The number of hydrogen-bond donors (Lipinski definition) is 0. The van der Waals surface area contributed by atoms with Crippen molar-refractivity contribution >= 4 is 5.97 Å². The summed E-state index contributed by atoms with van der Waals surface area (Å²) in [5.41, 5.74) is 1.49.